The number of hydrogen-bond acceptors (Lipinski definition) is 2. The van der Waals surface area contributed by atoms with Gasteiger partial charge in [0, 0.05) is 26.1 Å². The van der Waals surface area contributed by atoms with Crippen LogP contribution in [0.5, 0.6) is 0 Å². The van der Waals surface area contributed by atoms with Gasteiger partial charge in [0.1, 0.15) is 0 Å². The maximum atomic E-state index is 6.12. The summed E-state index contributed by atoms with van der Waals surface area (Å²) in [7, 11) is 0. The zero-order chi connectivity index (χ0) is 17.9. The van der Waals surface area contributed by atoms with Crippen molar-refractivity contribution < 1.29 is 9.47 Å². The summed E-state index contributed by atoms with van der Waals surface area (Å²) in [5.41, 5.74) is 0. The smallest absolute Gasteiger partial charge is 0.168 e. The van der Waals surface area contributed by atoms with E-state index in [4.69, 9.17) is 9.47 Å². The Labute approximate surface area is 153 Å². The van der Waals surface area contributed by atoms with E-state index < -0.39 is 0 Å². The van der Waals surface area contributed by atoms with E-state index >= 15 is 0 Å². The molecule has 0 spiro atoms. The van der Waals surface area contributed by atoms with Crippen LogP contribution in [0.1, 0.15) is 124 Å². The first-order valence-electron chi connectivity index (χ1n) is 11.0. The van der Waals surface area contributed by atoms with Crippen molar-refractivity contribution in [3.8, 4) is 0 Å². The van der Waals surface area contributed by atoms with Crippen molar-refractivity contribution in [2.45, 2.75) is 130 Å². The fraction of sp³-hybridized carbons (Fsp3) is 1.00. The van der Waals surface area contributed by atoms with Crippen molar-refractivity contribution in [3.63, 3.8) is 0 Å². The van der Waals surface area contributed by atoms with Gasteiger partial charge in [-0.15, -0.1) is 0 Å². The maximum absolute atomic E-state index is 6.12. The third-order valence-electron chi connectivity index (χ3n) is 4.89. The fourth-order valence-electron chi connectivity index (χ4n) is 3.51. The van der Waals surface area contributed by atoms with Gasteiger partial charge in [0.05, 0.1) is 0 Å². The van der Waals surface area contributed by atoms with Crippen LogP contribution in [0.4, 0.5) is 0 Å². The first kappa shape index (κ1) is 23.9. The molecule has 0 bridgehead atoms. The molecule has 0 aromatic heterocycles. The average molecular weight is 343 g/mol. The minimum absolute atomic E-state index is 0.308. The molecular formula is C22H46O2. The number of ether oxygens (including phenoxy) is 2. The molecule has 2 heteroatoms. The lowest BCUT2D eigenvalue weighted by atomic mass is 9.98. The quantitative estimate of drug-likeness (QED) is 0.177. The lowest BCUT2D eigenvalue weighted by Crippen LogP contribution is -2.36. The second-order valence-corrected chi connectivity index (χ2v) is 7.17. The largest absolute Gasteiger partial charge is 0.350 e. The van der Waals surface area contributed by atoms with E-state index in [9.17, 15) is 0 Å². The van der Waals surface area contributed by atoms with E-state index in [1.165, 1.54) is 83.5 Å². The molecule has 0 aliphatic heterocycles. The van der Waals surface area contributed by atoms with Gasteiger partial charge < -0.3 is 9.47 Å². The molecule has 0 heterocycles. The van der Waals surface area contributed by atoms with Crippen LogP contribution in [0.15, 0.2) is 0 Å². The predicted molar refractivity (Wildman–Crippen MR) is 107 cm³/mol. The standard InChI is InChI=1S/C22H46O2/c1-5-9-11-13-15-17-19-21-22(23-7-3,24-8-4)20-18-16-14-12-10-6-2/h5-21H2,1-4H3. The highest BCUT2D eigenvalue weighted by molar-refractivity contribution is 4.71. The van der Waals surface area contributed by atoms with Gasteiger partial charge in [0.2, 0.25) is 0 Å². The Morgan fingerprint density at radius 2 is 0.792 bits per heavy atom. The first-order chi connectivity index (χ1) is 11.7. The zero-order valence-corrected chi connectivity index (χ0v) is 17.3. The molecule has 0 fully saturated rings. The Morgan fingerprint density at radius 3 is 1.12 bits per heavy atom. The summed E-state index contributed by atoms with van der Waals surface area (Å²) in [6.07, 6.45) is 19.6. The van der Waals surface area contributed by atoms with Crippen LogP contribution in [0.25, 0.3) is 0 Å². The molecule has 24 heavy (non-hydrogen) atoms. The minimum atomic E-state index is -0.308. The Hall–Kier alpha value is -0.0800. The molecule has 2 nitrogen and oxygen atoms in total. The van der Waals surface area contributed by atoms with Gasteiger partial charge in [-0.2, -0.15) is 0 Å². The van der Waals surface area contributed by atoms with Crippen molar-refractivity contribution >= 4 is 0 Å². The summed E-state index contributed by atoms with van der Waals surface area (Å²) >= 11 is 0. The zero-order valence-electron chi connectivity index (χ0n) is 17.3. The SMILES string of the molecule is CCCCCCCCCC(CCCCCCCC)(OCC)OCC. The van der Waals surface area contributed by atoms with Crippen LogP contribution in [-0.4, -0.2) is 19.0 Å². The summed E-state index contributed by atoms with van der Waals surface area (Å²) in [4.78, 5) is 0. The van der Waals surface area contributed by atoms with Gasteiger partial charge in [-0.05, 0) is 26.7 Å². The molecule has 0 aromatic carbocycles. The van der Waals surface area contributed by atoms with E-state index in [1.54, 1.807) is 0 Å². The van der Waals surface area contributed by atoms with Crippen molar-refractivity contribution in [2.75, 3.05) is 13.2 Å². The van der Waals surface area contributed by atoms with Crippen molar-refractivity contribution in [1.29, 1.82) is 0 Å². The second kappa shape index (κ2) is 17.7. The second-order valence-electron chi connectivity index (χ2n) is 7.17. The van der Waals surface area contributed by atoms with Crippen molar-refractivity contribution in [2.24, 2.45) is 0 Å². The van der Waals surface area contributed by atoms with Crippen LogP contribution in [0, 0.1) is 0 Å². The molecule has 0 rings (SSSR count). The number of rotatable bonds is 19. The fourth-order valence-corrected chi connectivity index (χ4v) is 3.51. The van der Waals surface area contributed by atoms with Gasteiger partial charge in [-0.1, -0.05) is 84.5 Å². The van der Waals surface area contributed by atoms with Gasteiger partial charge in [-0.3, -0.25) is 0 Å². The lowest BCUT2D eigenvalue weighted by molar-refractivity contribution is -0.242. The summed E-state index contributed by atoms with van der Waals surface area (Å²) in [6.45, 7) is 10.3. The molecule has 0 amide bonds. The number of hydrogen-bond donors (Lipinski definition) is 0. The van der Waals surface area contributed by atoms with Crippen LogP contribution < -0.4 is 0 Å². The molecular weight excluding hydrogens is 296 g/mol. The highest BCUT2D eigenvalue weighted by Gasteiger charge is 2.30. The summed E-state index contributed by atoms with van der Waals surface area (Å²) < 4.78 is 12.2. The van der Waals surface area contributed by atoms with E-state index in [-0.39, 0.29) is 5.79 Å². The summed E-state index contributed by atoms with van der Waals surface area (Å²) in [5, 5.41) is 0. The van der Waals surface area contributed by atoms with E-state index in [2.05, 4.69) is 27.7 Å². The normalized spacial score (nSPS) is 12.0. The summed E-state index contributed by atoms with van der Waals surface area (Å²) in [5.74, 6) is -0.308. The van der Waals surface area contributed by atoms with Gasteiger partial charge >= 0.3 is 0 Å². The monoisotopic (exact) mass is 342 g/mol. The average Bonchev–Trinajstić information content (AvgIpc) is 2.58. The Balaban J connectivity index is 4.08. The highest BCUT2D eigenvalue weighted by atomic mass is 16.7. The molecule has 0 unspecified atom stereocenters. The number of unbranched alkanes of at least 4 members (excludes halogenated alkanes) is 11. The van der Waals surface area contributed by atoms with Crippen molar-refractivity contribution in [3.05, 3.63) is 0 Å². The van der Waals surface area contributed by atoms with E-state index in [0.717, 1.165) is 26.1 Å². The van der Waals surface area contributed by atoms with Crippen LogP contribution >= 0.6 is 0 Å². The Bertz CT molecular complexity index is 234. The predicted octanol–water partition coefficient (Wildman–Crippen LogP) is 7.65. The third kappa shape index (κ3) is 13.2. The minimum Gasteiger partial charge on any atom is -0.350 e. The van der Waals surface area contributed by atoms with Crippen molar-refractivity contribution in [1.82, 2.24) is 0 Å². The molecule has 0 aliphatic rings. The molecule has 0 aromatic rings. The van der Waals surface area contributed by atoms with E-state index in [1.807, 2.05) is 0 Å². The van der Waals surface area contributed by atoms with E-state index in [0.29, 0.717) is 0 Å². The highest BCUT2D eigenvalue weighted by Crippen LogP contribution is 2.29. The van der Waals surface area contributed by atoms with Crippen LogP contribution in [-0.2, 0) is 9.47 Å². The third-order valence-corrected chi connectivity index (χ3v) is 4.89. The topological polar surface area (TPSA) is 18.5 Å². The molecule has 0 N–H and O–H groups in total. The molecule has 0 atom stereocenters. The Kier molecular flexibility index (Phi) is 17.7. The maximum Gasteiger partial charge on any atom is 0.168 e. The molecule has 0 radical (unpaired) electrons. The molecule has 0 saturated carbocycles. The lowest BCUT2D eigenvalue weighted by Gasteiger charge is -2.33. The molecule has 146 valence electrons. The molecule has 0 saturated heterocycles. The Morgan fingerprint density at radius 1 is 0.458 bits per heavy atom. The van der Waals surface area contributed by atoms with Crippen LogP contribution in [0.3, 0.4) is 0 Å². The molecule has 0 aliphatic carbocycles. The van der Waals surface area contributed by atoms with Gasteiger partial charge in [0.25, 0.3) is 0 Å². The summed E-state index contributed by atoms with van der Waals surface area (Å²) in [6, 6.07) is 0. The van der Waals surface area contributed by atoms with Gasteiger partial charge in [0.15, 0.2) is 5.79 Å². The van der Waals surface area contributed by atoms with Gasteiger partial charge in [-0.25, -0.2) is 0 Å². The van der Waals surface area contributed by atoms with Crippen LogP contribution in [0.2, 0.25) is 0 Å². The first-order valence-corrected chi connectivity index (χ1v) is 11.0.